The van der Waals surface area contributed by atoms with Crippen LogP contribution in [0, 0.1) is 6.92 Å². The van der Waals surface area contributed by atoms with Gasteiger partial charge in [0.15, 0.2) is 5.69 Å². The van der Waals surface area contributed by atoms with Crippen molar-refractivity contribution in [2.24, 2.45) is 0 Å². The number of aryl methyl sites for hydroxylation is 1. The maximum atomic E-state index is 13.4. The molecule has 1 heterocycles. The predicted molar refractivity (Wildman–Crippen MR) is 77.7 cm³/mol. The molecule has 9 heteroatoms. The molecule has 1 aromatic heterocycles. The molecule has 1 N–H and O–H groups in total. The number of halogens is 3. The lowest BCUT2D eigenvalue weighted by molar-refractivity contribution is -0.143. The van der Waals surface area contributed by atoms with E-state index < -0.39 is 35.9 Å². The third kappa shape index (κ3) is 3.73. The Bertz CT molecular complexity index is 752. The van der Waals surface area contributed by atoms with Crippen molar-refractivity contribution < 1.29 is 27.5 Å². The highest BCUT2D eigenvalue weighted by Crippen LogP contribution is 2.33. The van der Waals surface area contributed by atoms with Crippen LogP contribution in [0.2, 0.25) is 0 Å². The standard InChI is InChI=1S/C15H14F3N3O3/c1-9-3-5-10(6-4-9)21-13(15(16,17)18)11(7-20-21)14(23)19-8-12(22)24-2/h3-7H,8H2,1-2H3,(H,19,23). The van der Waals surface area contributed by atoms with E-state index in [-0.39, 0.29) is 5.69 Å². The number of nitrogens with zero attached hydrogens (tertiary/aromatic N) is 2. The van der Waals surface area contributed by atoms with E-state index >= 15 is 0 Å². The van der Waals surface area contributed by atoms with Crippen LogP contribution in [0.3, 0.4) is 0 Å². The molecule has 0 unspecified atom stereocenters. The van der Waals surface area contributed by atoms with Crippen molar-refractivity contribution in [3.63, 3.8) is 0 Å². The second kappa shape index (κ2) is 6.73. The number of alkyl halides is 3. The molecular weight excluding hydrogens is 327 g/mol. The zero-order valence-electron chi connectivity index (χ0n) is 12.8. The van der Waals surface area contributed by atoms with E-state index in [9.17, 15) is 22.8 Å². The van der Waals surface area contributed by atoms with Gasteiger partial charge < -0.3 is 10.1 Å². The molecule has 0 aliphatic heterocycles. The normalized spacial score (nSPS) is 11.2. The van der Waals surface area contributed by atoms with Crippen LogP contribution in [0.4, 0.5) is 13.2 Å². The molecule has 0 saturated carbocycles. The first-order chi connectivity index (χ1) is 11.2. The monoisotopic (exact) mass is 341 g/mol. The number of methoxy groups -OCH3 is 1. The van der Waals surface area contributed by atoms with Gasteiger partial charge in [0.05, 0.1) is 24.6 Å². The minimum absolute atomic E-state index is 0.167. The second-order valence-corrected chi connectivity index (χ2v) is 4.91. The van der Waals surface area contributed by atoms with Gasteiger partial charge >= 0.3 is 12.1 Å². The number of ether oxygens (including phenoxy) is 1. The summed E-state index contributed by atoms with van der Waals surface area (Å²) in [6.07, 6.45) is -3.99. The van der Waals surface area contributed by atoms with Gasteiger partial charge in [0.1, 0.15) is 6.54 Å². The zero-order chi connectivity index (χ0) is 17.9. The molecule has 0 aliphatic rings. The smallest absolute Gasteiger partial charge is 0.434 e. The highest BCUT2D eigenvalue weighted by Gasteiger charge is 2.40. The Morgan fingerprint density at radius 2 is 1.88 bits per heavy atom. The largest absolute Gasteiger partial charge is 0.468 e. The van der Waals surface area contributed by atoms with Crippen LogP contribution in [0.25, 0.3) is 5.69 Å². The molecule has 0 atom stereocenters. The fourth-order valence-electron chi connectivity index (χ4n) is 1.99. The lowest BCUT2D eigenvalue weighted by atomic mass is 10.2. The molecule has 2 aromatic rings. The second-order valence-electron chi connectivity index (χ2n) is 4.91. The number of carbonyl (C=O) groups excluding carboxylic acids is 2. The maximum absolute atomic E-state index is 13.4. The summed E-state index contributed by atoms with van der Waals surface area (Å²) < 4.78 is 45.2. The summed E-state index contributed by atoms with van der Waals surface area (Å²) in [4.78, 5) is 23.0. The van der Waals surface area contributed by atoms with Crippen LogP contribution in [-0.4, -0.2) is 35.3 Å². The third-order valence-electron chi connectivity index (χ3n) is 3.18. The van der Waals surface area contributed by atoms with Crippen LogP contribution in [-0.2, 0) is 15.7 Å². The van der Waals surface area contributed by atoms with Gasteiger partial charge in [0, 0.05) is 0 Å². The molecular formula is C15H14F3N3O3. The molecule has 1 aromatic carbocycles. The number of hydrogen-bond acceptors (Lipinski definition) is 4. The van der Waals surface area contributed by atoms with E-state index in [0.29, 0.717) is 4.68 Å². The Labute approximate surface area is 135 Å². The van der Waals surface area contributed by atoms with E-state index in [1.54, 1.807) is 19.1 Å². The summed E-state index contributed by atoms with van der Waals surface area (Å²) in [5.41, 5.74) is -0.851. The highest BCUT2D eigenvalue weighted by molar-refractivity contribution is 5.97. The molecule has 0 aliphatic carbocycles. The van der Waals surface area contributed by atoms with Gasteiger partial charge in [-0.1, -0.05) is 17.7 Å². The van der Waals surface area contributed by atoms with Crippen LogP contribution < -0.4 is 5.32 Å². The maximum Gasteiger partial charge on any atom is 0.434 e. The van der Waals surface area contributed by atoms with E-state index in [1.807, 2.05) is 0 Å². The molecule has 0 bridgehead atoms. The summed E-state index contributed by atoms with van der Waals surface area (Å²) in [5, 5.41) is 5.74. The Balaban J connectivity index is 2.41. The van der Waals surface area contributed by atoms with E-state index in [4.69, 9.17) is 0 Å². The summed E-state index contributed by atoms with van der Waals surface area (Å²) in [7, 11) is 1.10. The summed E-state index contributed by atoms with van der Waals surface area (Å²) >= 11 is 0. The SMILES string of the molecule is COC(=O)CNC(=O)c1cnn(-c2ccc(C)cc2)c1C(F)(F)F. The number of rotatable bonds is 4. The Kier molecular flexibility index (Phi) is 4.91. The number of amides is 1. The van der Waals surface area contributed by atoms with Crippen LogP contribution in [0.5, 0.6) is 0 Å². The molecule has 0 fully saturated rings. The highest BCUT2D eigenvalue weighted by atomic mass is 19.4. The first-order valence-electron chi connectivity index (χ1n) is 6.81. The van der Waals surface area contributed by atoms with E-state index in [1.165, 1.54) is 12.1 Å². The van der Waals surface area contributed by atoms with E-state index in [0.717, 1.165) is 18.9 Å². The van der Waals surface area contributed by atoms with Gasteiger partial charge in [0.25, 0.3) is 5.91 Å². The predicted octanol–water partition coefficient (Wildman–Crippen LogP) is 2.10. The molecule has 128 valence electrons. The molecule has 1 amide bonds. The van der Waals surface area contributed by atoms with Crippen molar-refractivity contribution in [1.29, 1.82) is 0 Å². The zero-order valence-corrected chi connectivity index (χ0v) is 12.8. The summed E-state index contributed by atoms with van der Waals surface area (Å²) in [5.74, 6) is -1.84. The minimum atomic E-state index is -4.81. The topological polar surface area (TPSA) is 73.2 Å². The van der Waals surface area contributed by atoms with Crippen molar-refractivity contribution >= 4 is 11.9 Å². The summed E-state index contributed by atoms with van der Waals surface area (Å²) in [6, 6.07) is 6.20. The van der Waals surface area contributed by atoms with Gasteiger partial charge in [-0.3, -0.25) is 9.59 Å². The van der Waals surface area contributed by atoms with Gasteiger partial charge in [-0.15, -0.1) is 0 Å². The number of nitrogens with one attached hydrogen (secondary N) is 1. The van der Waals surface area contributed by atoms with Crippen molar-refractivity contribution in [3.05, 3.63) is 47.3 Å². The first kappa shape index (κ1) is 17.5. The van der Waals surface area contributed by atoms with Crippen molar-refractivity contribution in [3.8, 4) is 5.69 Å². The molecule has 24 heavy (non-hydrogen) atoms. The molecule has 0 saturated heterocycles. The first-order valence-corrected chi connectivity index (χ1v) is 6.81. The molecule has 0 spiro atoms. The van der Waals surface area contributed by atoms with Crippen molar-refractivity contribution in [2.75, 3.05) is 13.7 Å². The van der Waals surface area contributed by atoms with Gasteiger partial charge in [-0.05, 0) is 19.1 Å². The molecule has 6 nitrogen and oxygen atoms in total. The fraction of sp³-hybridized carbons (Fsp3) is 0.267. The van der Waals surface area contributed by atoms with Crippen molar-refractivity contribution in [1.82, 2.24) is 15.1 Å². The lowest BCUT2D eigenvalue weighted by Crippen LogP contribution is -2.31. The Morgan fingerprint density at radius 3 is 2.42 bits per heavy atom. The molecule has 0 radical (unpaired) electrons. The minimum Gasteiger partial charge on any atom is -0.468 e. The van der Waals surface area contributed by atoms with Gasteiger partial charge in [-0.2, -0.15) is 18.3 Å². The number of benzene rings is 1. The Hall–Kier alpha value is -2.84. The van der Waals surface area contributed by atoms with Crippen LogP contribution in [0.15, 0.2) is 30.5 Å². The van der Waals surface area contributed by atoms with E-state index in [2.05, 4.69) is 15.2 Å². The quantitative estimate of drug-likeness (QED) is 0.865. The average Bonchev–Trinajstić information content (AvgIpc) is 2.98. The lowest BCUT2D eigenvalue weighted by Gasteiger charge is -2.13. The fourth-order valence-corrected chi connectivity index (χ4v) is 1.99. The number of hydrogen-bond donors (Lipinski definition) is 1. The third-order valence-corrected chi connectivity index (χ3v) is 3.18. The van der Waals surface area contributed by atoms with Crippen LogP contribution in [0.1, 0.15) is 21.6 Å². The molecule has 2 rings (SSSR count). The average molecular weight is 341 g/mol. The Morgan fingerprint density at radius 1 is 1.25 bits per heavy atom. The van der Waals surface area contributed by atoms with Crippen molar-refractivity contribution in [2.45, 2.75) is 13.1 Å². The van der Waals surface area contributed by atoms with Gasteiger partial charge in [-0.25, -0.2) is 4.68 Å². The number of carbonyl (C=O) groups is 2. The van der Waals surface area contributed by atoms with Gasteiger partial charge in [0.2, 0.25) is 0 Å². The summed E-state index contributed by atoms with van der Waals surface area (Å²) in [6.45, 7) is 1.26. The van der Waals surface area contributed by atoms with Crippen LogP contribution >= 0.6 is 0 Å². The number of esters is 1. The number of aromatic nitrogens is 2.